The van der Waals surface area contributed by atoms with Crippen LogP contribution in [-0.4, -0.2) is 33.2 Å². The second kappa shape index (κ2) is 6.78. The number of nitro groups is 2. The molecule has 8 heteroatoms. The van der Waals surface area contributed by atoms with Gasteiger partial charge in [0.15, 0.2) is 0 Å². The van der Waals surface area contributed by atoms with Crippen molar-refractivity contribution in [3.8, 4) is 0 Å². The van der Waals surface area contributed by atoms with Crippen molar-refractivity contribution in [1.29, 1.82) is 0 Å². The summed E-state index contributed by atoms with van der Waals surface area (Å²) in [5.41, 5.74) is -0.850. The Hall–Kier alpha value is -2.51. The van der Waals surface area contributed by atoms with Gasteiger partial charge in [0, 0.05) is 24.7 Å². The van der Waals surface area contributed by atoms with Gasteiger partial charge >= 0.3 is 0 Å². The van der Waals surface area contributed by atoms with Crippen LogP contribution in [0.15, 0.2) is 18.2 Å². The molecule has 2 aliphatic rings. The van der Waals surface area contributed by atoms with Crippen LogP contribution in [0.5, 0.6) is 0 Å². The predicted octanol–water partition coefficient (Wildman–Crippen LogP) is 3.54. The number of hydrogen-bond donors (Lipinski definition) is 0. The van der Waals surface area contributed by atoms with E-state index in [-0.39, 0.29) is 17.5 Å². The average molecular weight is 347 g/mol. The van der Waals surface area contributed by atoms with Gasteiger partial charge in [0.2, 0.25) is 0 Å². The quantitative estimate of drug-likeness (QED) is 0.614. The van der Waals surface area contributed by atoms with Gasteiger partial charge in [0.1, 0.15) is 0 Å². The average Bonchev–Trinajstić information content (AvgIpc) is 2.60. The van der Waals surface area contributed by atoms with Gasteiger partial charge in [-0.2, -0.15) is 0 Å². The van der Waals surface area contributed by atoms with Crippen molar-refractivity contribution in [2.24, 2.45) is 11.8 Å². The summed E-state index contributed by atoms with van der Waals surface area (Å²) in [7, 11) is 0. The zero-order chi connectivity index (χ0) is 18.1. The van der Waals surface area contributed by atoms with Crippen LogP contribution in [0.25, 0.3) is 0 Å². The van der Waals surface area contributed by atoms with Crippen molar-refractivity contribution in [3.05, 3.63) is 44.0 Å². The van der Waals surface area contributed by atoms with E-state index in [2.05, 4.69) is 0 Å². The molecule has 1 aromatic carbocycles. The minimum atomic E-state index is -0.708. The van der Waals surface area contributed by atoms with Gasteiger partial charge < -0.3 is 4.90 Å². The molecule has 3 rings (SSSR count). The third-order valence-corrected chi connectivity index (χ3v) is 5.51. The van der Waals surface area contributed by atoms with Gasteiger partial charge in [0.05, 0.1) is 21.5 Å². The van der Waals surface area contributed by atoms with Crippen molar-refractivity contribution in [2.45, 2.75) is 45.1 Å². The Morgan fingerprint density at radius 3 is 2.16 bits per heavy atom. The minimum absolute atomic E-state index is 0.0157. The number of rotatable bonds is 3. The van der Waals surface area contributed by atoms with Crippen LogP contribution in [0.2, 0.25) is 0 Å². The van der Waals surface area contributed by atoms with Crippen molar-refractivity contribution in [3.63, 3.8) is 0 Å². The second-order valence-corrected chi connectivity index (χ2v) is 7.10. The van der Waals surface area contributed by atoms with E-state index in [1.54, 1.807) is 4.90 Å². The molecule has 2 fully saturated rings. The number of piperidine rings is 1. The highest BCUT2D eigenvalue weighted by Gasteiger charge is 2.37. The lowest BCUT2D eigenvalue weighted by atomic mass is 9.73. The van der Waals surface area contributed by atoms with E-state index >= 15 is 0 Å². The van der Waals surface area contributed by atoms with Crippen LogP contribution in [0.4, 0.5) is 11.4 Å². The van der Waals surface area contributed by atoms with Gasteiger partial charge in [0.25, 0.3) is 17.3 Å². The first-order chi connectivity index (χ1) is 11.9. The maximum atomic E-state index is 12.9. The molecule has 1 aliphatic heterocycles. The standard InChI is InChI=1S/C17H21N3O5/c1-11-6-12-4-2-3-5-13(12)10-18(11)17(21)14-7-15(19(22)23)9-16(8-14)20(24)25/h7-9,11-13H,2-6,10H2,1H3. The number of hydrogen-bond acceptors (Lipinski definition) is 5. The molecule has 0 spiro atoms. The van der Waals surface area contributed by atoms with Crippen molar-refractivity contribution in [2.75, 3.05) is 6.54 Å². The fourth-order valence-electron chi connectivity index (χ4n) is 4.21. The van der Waals surface area contributed by atoms with Crippen LogP contribution >= 0.6 is 0 Å². The molecule has 0 bridgehead atoms. The zero-order valence-corrected chi connectivity index (χ0v) is 14.1. The molecule has 3 unspecified atom stereocenters. The molecule has 0 aromatic heterocycles. The van der Waals surface area contributed by atoms with E-state index < -0.39 is 21.2 Å². The number of fused-ring (bicyclic) bond motifs is 1. The Morgan fingerprint density at radius 1 is 1.04 bits per heavy atom. The fourth-order valence-corrected chi connectivity index (χ4v) is 4.21. The molecule has 8 nitrogen and oxygen atoms in total. The number of carbonyl (C=O) groups is 1. The summed E-state index contributed by atoms with van der Waals surface area (Å²) in [6.07, 6.45) is 5.61. The maximum absolute atomic E-state index is 12.9. The molecule has 1 amide bonds. The van der Waals surface area contributed by atoms with Gasteiger partial charge in [-0.1, -0.05) is 19.3 Å². The SMILES string of the molecule is CC1CC2CCCCC2CN1C(=O)c1cc([N+](=O)[O-])cc([N+](=O)[O-])c1. The Morgan fingerprint density at radius 2 is 1.60 bits per heavy atom. The van der Waals surface area contributed by atoms with Crippen molar-refractivity contribution >= 4 is 17.3 Å². The number of benzene rings is 1. The van der Waals surface area contributed by atoms with E-state index in [0.717, 1.165) is 31.0 Å². The third-order valence-electron chi connectivity index (χ3n) is 5.51. The molecule has 1 aliphatic carbocycles. The molecule has 1 aromatic rings. The Kier molecular flexibility index (Phi) is 4.69. The molecule has 1 saturated carbocycles. The summed E-state index contributed by atoms with van der Waals surface area (Å²) in [6.45, 7) is 2.61. The van der Waals surface area contributed by atoms with E-state index in [9.17, 15) is 25.0 Å². The Balaban J connectivity index is 1.89. The molecule has 25 heavy (non-hydrogen) atoms. The van der Waals surface area contributed by atoms with Crippen LogP contribution < -0.4 is 0 Å². The number of likely N-dealkylation sites (tertiary alicyclic amines) is 1. The van der Waals surface area contributed by atoms with E-state index in [0.29, 0.717) is 18.4 Å². The summed E-state index contributed by atoms with van der Waals surface area (Å²) >= 11 is 0. The first-order valence-electron chi connectivity index (χ1n) is 8.61. The summed E-state index contributed by atoms with van der Waals surface area (Å²) in [5, 5.41) is 22.1. The summed E-state index contributed by atoms with van der Waals surface area (Å²) in [5.74, 6) is 0.734. The second-order valence-electron chi connectivity index (χ2n) is 7.10. The van der Waals surface area contributed by atoms with Gasteiger partial charge in [-0.15, -0.1) is 0 Å². The van der Waals surface area contributed by atoms with Gasteiger partial charge in [-0.25, -0.2) is 0 Å². The van der Waals surface area contributed by atoms with Crippen LogP contribution in [-0.2, 0) is 0 Å². The number of nitro benzene ring substituents is 2. The highest BCUT2D eigenvalue weighted by molar-refractivity contribution is 5.96. The van der Waals surface area contributed by atoms with Gasteiger partial charge in [-0.3, -0.25) is 25.0 Å². The van der Waals surface area contributed by atoms with Crippen molar-refractivity contribution in [1.82, 2.24) is 4.90 Å². The summed E-state index contributed by atoms with van der Waals surface area (Å²) < 4.78 is 0. The molecule has 1 heterocycles. The molecule has 1 saturated heterocycles. The van der Waals surface area contributed by atoms with Crippen LogP contribution in [0, 0.1) is 32.1 Å². The number of amides is 1. The Labute approximate surface area is 145 Å². The Bertz CT molecular complexity index is 688. The number of carbonyl (C=O) groups excluding carboxylic acids is 1. The van der Waals surface area contributed by atoms with E-state index in [4.69, 9.17) is 0 Å². The smallest absolute Gasteiger partial charge is 0.277 e. The topological polar surface area (TPSA) is 107 Å². The van der Waals surface area contributed by atoms with E-state index in [1.165, 1.54) is 19.3 Å². The molecular weight excluding hydrogens is 326 g/mol. The highest BCUT2D eigenvalue weighted by Crippen LogP contribution is 2.39. The molecule has 0 N–H and O–H groups in total. The number of nitrogens with zero attached hydrogens (tertiary/aromatic N) is 3. The maximum Gasteiger partial charge on any atom is 0.277 e. The van der Waals surface area contributed by atoms with Gasteiger partial charge in [-0.05, 0) is 31.6 Å². The summed E-state index contributed by atoms with van der Waals surface area (Å²) in [6, 6.07) is 3.18. The third kappa shape index (κ3) is 3.47. The summed E-state index contributed by atoms with van der Waals surface area (Å²) in [4.78, 5) is 35.3. The first kappa shape index (κ1) is 17.3. The van der Waals surface area contributed by atoms with Crippen LogP contribution in [0.3, 0.4) is 0 Å². The predicted molar refractivity (Wildman–Crippen MR) is 90.3 cm³/mol. The largest absolute Gasteiger partial charge is 0.336 e. The number of non-ortho nitro benzene ring substituents is 2. The minimum Gasteiger partial charge on any atom is -0.336 e. The lowest BCUT2D eigenvalue weighted by Crippen LogP contribution is -2.49. The lowest BCUT2D eigenvalue weighted by molar-refractivity contribution is -0.394. The molecule has 3 atom stereocenters. The zero-order valence-electron chi connectivity index (χ0n) is 14.1. The van der Waals surface area contributed by atoms with Crippen LogP contribution in [0.1, 0.15) is 49.4 Å². The molecule has 134 valence electrons. The lowest BCUT2D eigenvalue weighted by Gasteiger charge is -2.45. The van der Waals surface area contributed by atoms with Crippen molar-refractivity contribution < 1.29 is 14.6 Å². The molecule has 0 radical (unpaired) electrons. The van der Waals surface area contributed by atoms with E-state index in [1.807, 2.05) is 6.92 Å². The highest BCUT2D eigenvalue weighted by atomic mass is 16.6. The molecular formula is C17H21N3O5. The normalized spacial score (nSPS) is 26.0. The monoisotopic (exact) mass is 347 g/mol. The first-order valence-corrected chi connectivity index (χ1v) is 8.61. The fraction of sp³-hybridized carbons (Fsp3) is 0.588.